The molecule has 0 heterocycles. The van der Waals surface area contributed by atoms with Gasteiger partial charge in [-0.3, -0.25) is 0 Å². The molecule has 1 N–H and O–H groups in total. The van der Waals surface area contributed by atoms with Gasteiger partial charge in [0.1, 0.15) is 0 Å². The first-order chi connectivity index (χ1) is 7.78. The van der Waals surface area contributed by atoms with Gasteiger partial charge in [-0.05, 0) is 18.9 Å². The van der Waals surface area contributed by atoms with Gasteiger partial charge < -0.3 is 14.8 Å². The van der Waals surface area contributed by atoms with Crippen LogP contribution >= 0.6 is 0 Å². The quantitative estimate of drug-likeness (QED) is 0.554. The van der Waals surface area contributed by atoms with Crippen LogP contribution in [-0.2, 0) is 9.47 Å². The van der Waals surface area contributed by atoms with Crippen molar-refractivity contribution in [3.63, 3.8) is 0 Å². The summed E-state index contributed by atoms with van der Waals surface area (Å²) in [5.74, 6) is 0.815. The second kappa shape index (κ2) is 11.4. The Bertz CT molecular complexity index is 138. The van der Waals surface area contributed by atoms with Crippen LogP contribution in [-0.4, -0.2) is 39.5 Å². The van der Waals surface area contributed by atoms with Crippen molar-refractivity contribution in [2.24, 2.45) is 5.92 Å². The van der Waals surface area contributed by atoms with E-state index < -0.39 is 0 Å². The Labute approximate surface area is 101 Å². The normalized spacial score (nSPS) is 13.3. The largest absolute Gasteiger partial charge is 0.382 e. The number of ether oxygens (including phenoxy) is 2. The predicted octanol–water partition coefficient (Wildman–Crippen LogP) is 2.45. The highest BCUT2D eigenvalue weighted by Gasteiger charge is 2.13. The van der Waals surface area contributed by atoms with Crippen LogP contribution in [0.15, 0.2) is 0 Å². The molecule has 0 amide bonds. The number of rotatable bonds is 11. The van der Waals surface area contributed by atoms with Crippen molar-refractivity contribution >= 4 is 0 Å². The Morgan fingerprint density at radius 1 is 1.06 bits per heavy atom. The second-order valence-corrected chi connectivity index (χ2v) is 4.24. The summed E-state index contributed by atoms with van der Waals surface area (Å²) >= 11 is 0. The summed E-state index contributed by atoms with van der Waals surface area (Å²) in [5, 5.41) is 3.49. The lowest BCUT2D eigenvalue weighted by atomic mass is 9.95. The molecule has 0 aliphatic carbocycles. The van der Waals surface area contributed by atoms with E-state index >= 15 is 0 Å². The summed E-state index contributed by atoms with van der Waals surface area (Å²) in [5.41, 5.74) is 0. The molecule has 0 aromatic rings. The lowest BCUT2D eigenvalue weighted by Crippen LogP contribution is -2.35. The fourth-order valence-corrected chi connectivity index (χ4v) is 1.89. The molecule has 0 aliphatic rings. The van der Waals surface area contributed by atoms with E-state index in [1.54, 1.807) is 7.11 Å². The molecule has 98 valence electrons. The van der Waals surface area contributed by atoms with Crippen molar-refractivity contribution in [3.05, 3.63) is 0 Å². The van der Waals surface area contributed by atoms with Crippen molar-refractivity contribution in [1.29, 1.82) is 0 Å². The van der Waals surface area contributed by atoms with Gasteiger partial charge in [-0.15, -0.1) is 0 Å². The topological polar surface area (TPSA) is 30.5 Å². The van der Waals surface area contributed by atoms with E-state index in [9.17, 15) is 0 Å². The minimum atomic E-state index is 0.492. The number of hydrogen-bond donors (Lipinski definition) is 1. The van der Waals surface area contributed by atoms with E-state index in [0.717, 1.165) is 19.1 Å². The second-order valence-electron chi connectivity index (χ2n) is 4.24. The zero-order valence-corrected chi connectivity index (χ0v) is 11.4. The van der Waals surface area contributed by atoms with Gasteiger partial charge in [-0.25, -0.2) is 0 Å². The third kappa shape index (κ3) is 8.08. The van der Waals surface area contributed by atoms with Gasteiger partial charge in [0.15, 0.2) is 0 Å². The van der Waals surface area contributed by atoms with Gasteiger partial charge in [0, 0.05) is 13.2 Å². The highest BCUT2D eigenvalue weighted by atomic mass is 16.5. The van der Waals surface area contributed by atoms with Gasteiger partial charge in [0.25, 0.3) is 0 Å². The average molecular weight is 231 g/mol. The molecule has 0 spiro atoms. The molecule has 0 rings (SSSR count). The number of likely N-dealkylation sites (N-methyl/N-ethyl adjacent to an activating group) is 1. The molecule has 3 heteroatoms. The van der Waals surface area contributed by atoms with Crippen LogP contribution in [0.4, 0.5) is 0 Å². The summed E-state index contributed by atoms with van der Waals surface area (Å²) < 4.78 is 10.6. The molecule has 0 aromatic heterocycles. The summed E-state index contributed by atoms with van der Waals surface area (Å²) in [6.07, 6.45) is 3.74. The minimum absolute atomic E-state index is 0.492. The molecule has 0 radical (unpaired) electrons. The van der Waals surface area contributed by atoms with E-state index in [2.05, 4.69) is 26.1 Å². The Kier molecular flexibility index (Phi) is 11.3. The first kappa shape index (κ1) is 15.9. The standard InChI is InChI=1S/C13H29NO2/c1-5-12(6-2)10-13(14-7-3)11-16-9-8-15-4/h12-14H,5-11H2,1-4H3. The number of methoxy groups -OCH3 is 1. The maximum atomic E-state index is 5.59. The highest BCUT2D eigenvalue weighted by Crippen LogP contribution is 2.15. The van der Waals surface area contributed by atoms with Crippen LogP contribution in [0.2, 0.25) is 0 Å². The highest BCUT2D eigenvalue weighted by molar-refractivity contribution is 4.70. The molecule has 16 heavy (non-hydrogen) atoms. The van der Waals surface area contributed by atoms with Crippen molar-refractivity contribution < 1.29 is 9.47 Å². The average Bonchev–Trinajstić information content (AvgIpc) is 2.31. The van der Waals surface area contributed by atoms with Crippen LogP contribution in [0.3, 0.4) is 0 Å². The molecular weight excluding hydrogens is 202 g/mol. The fraction of sp³-hybridized carbons (Fsp3) is 1.00. The molecule has 0 aromatic carbocycles. The molecule has 0 saturated carbocycles. The van der Waals surface area contributed by atoms with Crippen molar-refractivity contribution in [2.75, 3.05) is 33.5 Å². The van der Waals surface area contributed by atoms with Crippen LogP contribution in [0.1, 0.15) is 40.0 Å². The van der Waals surface area contributed by atoms with Gasteiger partial charge in [0.05, 0.1) is 19.8 Å². The van der Waals surface area contributed by atoms with Crippen molar-refractivity contribution in [2.45, 2.75) is 46.1 Å². The molecule has 0 bridgehead atoms. The smallest absolute Gasteiger partial charge is 0.0701 e. The number of nitrogens with one attached hydrogen (secondary N) is 1. The van der Waals surface area contributed by atoms with Gasteiger partial charge in [0.2, 0.25) is 0 Å². The fourth-order valence-electron chi connectivity index (χ4n) is 1.89. The van der Waals surface area contributed by atoms with Crippen molar-refractivity contribution in [1.82, 2.24) is 5.32 Å². The van der Waals surface area contributed by atoms with Crippen LogP contribution in [0, 0.1) is 5.92 Å². The van der Waals surface area contributed by atoms with E-state index in [0.29, 0.717) is 19.3 Å². The third-order valence-electron chi connectivity index (χ3n) is 3.02. The monoisotopic (exact) mass is 231 g/mol. The molecule has 0 aliphatic heterocycles. The maximum absolute atomic E-state index is 5.59. The van der Waals surface area contributed by atoms with Crippen molar-refractivity contribution in [3.8, 4) is 0 Å². The summed E-state index contributed by atoms with van der Waals surface area (Å²) in [6, 6.07) is 0.492. The van der Waals surface area contributed by atoms with E-state index in [1.165, 1.54) is 19.3 Å². The maximum Gasteiger partial charge on any atom is 0.0701 e. The Hall–Kier alpha value is -0.120. The lowest BCUT2D eigenvalue weighted by molar-refractivity contribution is 0.0549. The third-order valence-corrected chi connectivity index (χ3v) is 3.02. The first-order valence-electron chi connectivity index (χ1n) is 6.58. The van der Waals surface area contributed by atoms with E-state index in [1.807, 2.05) is 0 Å². The minimum Gasteiger partial charge on any atom is -0.382 e. The molecule has 3 nitrogen and oxygen atoms in total. The summed E-state index contributed by atoms with van der Waals surface area (Å²) in [7, 11) is 1.70. The van der Waals surface area contributed by atoms with Crippen LogP contribution in [0.5, 0.6) is 0 Å². The summed E-state index contributed by atoms with van der Waals surface area (Å²) in [6.45, 7) is 9.87. The molecular formula is C13H29NO2. The van der Waals surface area contributed by atoms with Gasteiger partial charge in [-0.2, -0.15) is 0 Å². The molecule has 0 fully saturated rings. The Balaban J connectivity index is 3.76. The predicted molar refractivity (Wildman–Crippen MR) is 68.8 cm³/mol. The van der Waals surface area contributed by atoms with Crippen LogP contribution < -0.4 is 5.32 Å². The van der Waals surface area contributed by atoms with E-state index in [4.69, 9.17) is 9.47 Å². The number of hydrogen-bond acceptors (Lipinski definition) is 3. The zero-order chi connectivity index (χ0) is 12.2. The summed E-state index contributed by atoms with van der Waals surface area (Å²) in [4.78, 5) is 0. The van der Waals surface area contributed by atoms with Gasteiger partial charge >= 0.3 is 0 Å². The lowest BCUT2D eigenvalue weighted by Gasteiger charge is -2.22. The molecule has 0 saturated heterocycles. The molecule has 1 atom stereocenters. The zero-order valence-electron chi connectivity index (χ0n) is 11.4. The Morgan fingerprint density at radius 3 is 2.25 bits per heavy atom. The van der Waals surface area contributed by atoms with Gasteiger partial charge in [-0.1, -0.05) is 33.6 Å². The Morgan fingerprint density at radius 2 is 1.75 bits per heavy atom. The SMILES string of the molecule is CCNC(COCCOC)CC(CC)CC. The first-order valence-corrected chi connectivity index (χ1v) is 6.58. The van der Waals surface area contributed by atoms with Crippen LogP contribution in [0.25, 0.3) is 0 Å². The van der Waals surface area contributed by atoms with E-state index in [-0.39, 0.29) is 0 Å². The molecule has 1 unspecified atom stereocenters.